The third-order valence-corrected chi connectivity index (χ3v) is 5.13. The summed E-state index contributed by atoms with van der Waals surface area (Å²) in [6.07, 6.45) is 8.08. The average molecular weight is 379 g/mol. The number of hydrogen-bond donors (Lipinski definition) is 2. The summed E-state index contributed by atoms with van der Waals surface area (Å²) in [7, 11) is 0. The molecular weight excluding hydrogens is 358 g/mol. The van der Waals surface area contributed by atoms with Gasteiger partial charge in [-0.05, 0) is 55.0 Å². The van der Waals surface area contributed by atoms with Gasteiger partial charge >= 0.3 is 0 Å². The van der Waals surface area contributed by atoms with Gasteiger partial charge < -0.3 is 19.9 Å². The first-order valence-electron chi connectivity index (χ1n) is 8.96. The summed E-state index contributed by atoms with van der Waals surface area (Å²) < 4.78 is 2.16. The molecule has 0 aliphatic carbocycles. The average Bonchev–Trinajstić information content (AvgIpc) is 3.32. The van der Waals surface area contributed by atoms with Gasteiger partial charge in [-0.3, -0.25) is 9.97 Å². The summed E-state index contributed by atoms with van der Waals surface area (Å²) >= 11 is 5.63. The monoisotopic (exact) mass is 379 g/mol. The molecule has 0 saturated carbocycles. The van der Waals surface area contributed by atoms with Crippen LogP contribution in [-0.4, -0.2) is 42.8 Å². The van der Waals surface area contributed by atoms with Crippen molar-refractivity contribution in [2.24, 2.45) is 0 Å². The highest BCUT2D eigenvalue weighted by molar-refractivity contribution is 7.80. The van der Waals surface area contributed by atoms with Crippen molar-refractivity contribution in [2.45, 2.75) is 18.5 Å². The second kappa shape index (κ2) is 7.85. The predicted octanol–water partition coefficient (Wildman–Crippen LogP) is 2.62. The van der Waals surface area contributed by atoms with Gasteiger partial charge in [-0.1, -0.05) is 6.07 Å². The first-order valence-corrected chi connectivity index (χ1v) is 9.37. The molecular formula is C20H21N5OS. The zero-order valence-corrected chi connectivity index (χ0v) is 15.6. The number of pyridine rings is 2. The van der Waals surface area contributed by atoms with Crippen LogP contribution in [0.15, 0.2) is 67.3 Å². The van der Waals surface area contributed by atoms with Gasteiger partial charge in [0.15, 0.2) is 5.11 Å². The van der Waals surface area contributed by atoms with Crippen LogP contribution in [0.1, 0.15) is 29.9 Å². The number of hydrogen-bond acceptors (Lipinski definition) is 4. The highest BCUT2D eigenvalue weighted by atomic mass is 32.1. The number of thiocarbonyl (C=S) groups is 1. The fourth-order valence-electron chi connectivity index (χ4n) is 3.58. The summed E-state index contributed by atoms with van der Waals surface area (Å²) in [4.78, 5) is 10.8. The van der Waals surface area contributed by atoms with Crippen molar-refractivity contribution in [3.05, 3.63) is 78.6 Å². The maximum atomic E-state index is 9.33. The Balaban J connectivity index is 1.78. The number of nitrogens with one attached hydrogen (secondary N) is 1. The van der Waals surface area contributed by atoms with Crippen molar-refractivity contribution in [1.82, 2.24) is 24.8 Å². The highest BCUT2D eigenvalue weighted by Gasteiger charge is 2.40. The standard InChI is InChI=1S/C20H21N5OS/c26-14-4-13-25-19(18(23-20(25)27)16-5-1-2-9-22-16)17-6-3-12-24(17)15-7-10-21-11-8-15/h1-3,5-12,18-19,26H,4,13-14H2,(H,23,27)/t18-,19-/m0/s1. The molecule has 0 amide bonds. The molecule has 4 rings (SSSR count). The van der Waals surface area contributed by atoms with Crippen LogP contribution >= 0.6 is 12.2 Å². The van der Waals surface area contributed by atoms with Gasteiger partial charge in [-0.25, -0.2) is 0 Å². The van der Waals surface area contributed by atoms with E-state index in [2.05, 4.69) is 30.8 Å². The number of nitrogens with zero attached hydrogens (tertiary/aromatic N) is 4. The topological polar surface area (TPSA) is 66.2 Å². The van der Waals surface area contributed by atoms with Crippen molar-refractivity contribution < 1.29 is 5.11 Å². The van der Waals surface area contributed by atoms with Crippen molar-refractivity contribution in [3.8, 4) is 5.69 Å². The van der Waals surface area contributed by atoms with Crippen LogP contribution in [0.4, 0.5) is 0 Å². The van der Waals surface area contributed by atoms with Crippen LogP contribution in [0, 0.1) is 0 Å². The van der Waals surface area contributed by atoms with E-state index in [0.29, 0.717) is 18.1 Å². The Morgan fingerprint density at radius 1 is 1.07 bits per heavy atom. The minimum atomic E-state index is -0.0621. The fourth-order valence-corrected chi connectivity index (χ4v) is 3.92. The second-order valence-corrected chi connectivity index (χ2v) is 6.79. The number of rotatable bonds is 6. The van der Waals surface area contributed by atoms with Crippen molar-refractivity contribution >= 4 is 17.3 Å². The molecule has 0 bridgehead atoms. The molecule has 1 aliphatic heterocycles. The molecule has 0 spiro atoms. The zero-order valence-electron chi connectivity index (χ0n) is 14.8. The van der Waals surface area contributed by atoms with Crippen LogP contribution in [0.5, 0.6) is 0 Å². The third kappa shape index (κ3) is 3.43. The predicted molar refractivity (Wildman–Crippen MR) is 107 cm³/mol. The van der Waals surface area contributed by atoms with Crippen LogP contribution in [0.2, 0.25) is 0 Å². The minimum Gasteiger partial charge on any atom is -0.396 e. The van der Waals surface area contributed by atoms with Crippen molar-refractivity contribution in [3.63, 3.8) is 0 Å². The maximum Gasteiger partial charge on any atom is 0.170 e. The molecule has 1 aliphatic rings. The number of aromatic nitrogens is 3. The Morgan fingerprint density at radius 2 is 1.93 bits per heavy atom. The molecule has 0 unspecified atom stereocenters. The first-order chi connectivity index (χ1) is 13.3. The Kier molecular flexibility index (Phi) is 5.13. The molecule has 2 atom stereocenters. The van der Waals surface area contributed by atoms with Gasteiger partial charge in [0.2, 0.25) is 0 Å². The van der Waals surface area contributed by atoms with E-state index in [1.54, 1.807) is 18.6 Å². The summed E-state index contributed by atoms with van der Waals surface area (Å²) in [6, 6.07) is 13.9. The SMILES string of the molecule is OCCCN1C(=S)N[C@@H](c2ccccn2)[C@@H]1c1cccn1-c1ccncc1. The smallest absolute Gasteiger partial charge is 0.170 e. The van der Waals surface area contributed by atoms with E-state index in [9.17, 15) is 5.11 Å². The lowest BCUT2D eigenvalue weighted by atomic mass is 10.0. The van der Waals surface area contributed by atoms with Crippen LogP contribution in [0.3, 0.4) is 0 Å². The molecule has 0 radical (unpaired) electrons. The zero-order chi connectivity index (χ0) is 18.6. The van der Waals surface area contributed by atoms with E-state index in [4.69, 9.17) is 12.2 Å². The summed E-state index contributed by atoms with van der Waals surface area (Å²) in [6.45, 7) is 0.809. The molecule has 6 nitrogen and oxygen atoms in total. The van der Waals surface area contributed by atoms with E-state index in [1.807, 2.05) is 42.6 Å². The van der Waals surface area contributed by atoms with Crippen molar-refractivity contribution in [1.29, 1.82) is 0 Å². The highest BCUT2D eigenvalue weighted by Crippen LogP contribution is 2.39. The lowest BCUT2D eigenvalue weighted by molar-refractivity contribution is 0.245. The van der Waals surface area contributed by atoms with Gasteiger partial charge in [0.05, 0.1) is 17.8 Å². The third-order valence-electron chi connectivity index (χ3n) is 4.78. The van der Waals surface area contributed by atoms with Crippen LogP contribution in [0.25, 0.3) is 5.69 Å². The Hall–Kier alpha value is -2.77. The summed E-state index contributed by atoms with van der Waals surface area (Å²) in [5, 5.41) is 13.5. The van der Waals surface area contributed by atoms with Gasteiger partial charge in [0, 0.05) is 49.3 Å². The molecule has 27 heavy (non-hydrogen) atoms. The number of aliphatic hydroxyl groups is 1. The van der Waals surface area contributed by atoms with Crippen molar-refractivity contribution in [2.75, 3.05) is 13.2 Å². The van der Waals surface area contributed by atoms with E-state index in [-0.39, 0.29) is 18.7 Å². The quantitative estimate of drug-likeness (QED) is 0.642. The molecule has 3 aromatic rings. The first kappa shape index (κ1) is 17.6. The summed E-state index contributed by atoms with van der Waals surface area (Å²) in [5.41, 5.74) is 3.10. The van der Waals surface area contributed by atoms with Gasteiger partial charge in [0.25, 0.3) is 0 Å². The molecule has 7 heteroatoms. The van der Waals surface area contributed by atoms with Gasteiger partial charge in [-0.15, -0.1) is 0 Å². The number of aliphatic hydroxyl groups excluding tert-OH is 1. The molecule has 4 heterocycles. The molecule has 1 fully saturated rings. The van der Waals surface area contributed by atoms with Crippen LogP contribution in [-0.2, 0) is 0 Å². The normalized spacial score (nSPS) is 19.3. The Morgan fingerprint density at radius 3 is 2.67 bits per heavy atom. The minimum absolute atomic E-state index is 0.0258. The Bertz CT molecular complexity index is 899. The lowest BCUT2D eigenvalue weighted by Gasteiger charge is -2.28. The largest absolute Gasteiger partial charge is 0.396 e. The molecule has 0 aromatic carbocycles. The van der Waals surface area contributed by atoms with E-state index >= 15 is 0 Å². The van der Waals surface area contributed by atoms with E-state index in [1.165, 1.54) is 0 Å². The molecule has 138 valence electrons. The molecule has 1 saturated heterocycles. The van der Waals surface area contributed by atoms with Gasteiger partial charge in [-0.2, -0.15) is 0 Å². The summed E-state index contributed by atoms with van der Waals surface area (Å²) in [5.74, 6) is 0. The molecule has 2 N–H and O–H groups in total. The Labute approximate surface area is 163 Å². The fraction of sp³-hybridized carbons (Fsp3) is 0.250. The maximum absolute atomic E-state index is 9.33. The van der Waals surface area contributed by atoms with E-state index in [0.717, 1.165) is 17.1 Å². The van der Waals surface area contributed by atoms with E-state index < -0.39 is 0 Å². The lowest BCUT2D eigenvalue weighted by Crippen LogP contribution is -2.31. The van der Waals surface area contributed by atoms with Gasteiger partial charge in [0.1, 0.15) is 0 Å². The van der Waals surface area contributed by atoms with Crippen LogP contribution < -0.4 is 5.32 Å². The second-order valence-electron chi connectivity index (χ2n) is 6.41. The molecule has 3 aromatic heterocycles.